The Labute approximate surface area is 170 Å². The molecular formula is C22H27N3O4. The van der Waals surface area contributed by atoms with Crippen LogP contribution in [0.25, 0.3) is 0 Å². The average Bonchev–Trinajstić information content (AvgIpc) is 3.07. The summed E-state index contributed by atoms with van der Waals surface area (Å²) < 4.78 is 5.87. The third kappa shape index (κ3) is 5.06. The fourth-order valence-corrected chi connectivity index (χ4v) is 3.57. The van der Waals surface area contributed by atoms with Gasteiger partial charge in [-0.15, -0.1) is 0 Å². The van der Waals surface area contributed by atoms with Crippen molar-refractivity contribution >= 4 is 11.9 Å². The van der Waals surface area contributed by atoms with Crippen LogP contribution in [0.2, 0.25) is 0 Å². The molecule has 3 rings (SSSR count). The van der Waals surface area contributed by atoms with E-state index in [1.54, 1.807) is 10.4 Å². The number of carbonyl (C=O) groups excluding carboxylic acids is 2. The van der Waals surface area contributed by atoms with Gasteiger partial charge in [-0.1, -0.05) is 56.3 Å². The number of ether oxygens (including phenoxy) is 1. The van der Waals surface area contributed by atoms with E-state index in [0.29, 0.717) is 26.2 Å². The molecule has 154 valence electrons. The van der Waals surface area contributed by atoms with Gasteiger partial charge in [-0.2, -0.15) is 0 Å². The van der Waals surface area contributed by atoms with Gasteiger partial charge in [0, 0.05) is 19.6 Å². The standard InChI is InChI=1S/C22H27N3O4/c1-16(2)20(21(26)23-28)25-12-11-24(22(25)27)14-18-9-6-10-19(13-18)29-15-17-7-4-3-5-8-17/h3-10,13,16,20,28H,11-12,14-15H2,1-2H3,(H,23,26). The molecule has 1 aliphatic heterocycles. The fraction of sp³-hybridized carbons (Fsp3) is 0.364. The number of nitrogens with zero attached hydrogens (tertiary/aromatic N) is 2. The summed E-state index contributed by atoms with van der Waals surface area (Å²) in [5.41, 5.74) is 3.72. The molecule has 0 bridgehead atoms. The van der Waals surface area contributed by atoms with Gasteiger partial charge in [-0.3, -0.25) is 10.0 Å². The highest BCUT2D eigenvalue weighted by molar-refractivity contribution is 5.87. The zero-order valence-corrected chi connectivity index (χ0v) is 16.7. The number of hydrogen-bond acceptors (Lipinski definition) is 4. The summed E-state index contributed by atoms with van der Waals surface area (Å²) in [5, 5.41) is 9.00. The van der Waals surface area contributed by atoms with Crippen molar-refractivity contribution in [1.29, 1.82) is 0 Å². The lowest BCUT2D eigenvalue weighted by molar-refractivity contribution is -0.135. The maximum Gasteiger partial charge on any atom is 0.321 e. The molecule has 1 saturated heterocycles. The molecule has 29 heavy (non-hydrogen) atoms. The third-order valence-electron chi connectivity index (χ3n) is 4.99. The minimum Gasteiger partial charge on any atom is -0.489 e. The van der Waals surface area contributed by atoms with Gasteiger partial charge in [0.1, 0.15) is 18.4 Å². The Morgan fingerprint density at radius 1 is 1.10 bits per heavy atom. The molecule has 1 unspecified atom stereocenters. The molecule has 2 aromatic rings. The molecular weight excluding hydrogens is 370 g/mol. The van der Waals surface area contributed by atoms with E-state index in [4.69, 9.17) is 9.94 Å². The summed E-state index contributed by atoms with van der Waals surface area (Å²) in [5.74, 6) is 0.0712. The van der Waals surface area contributed by atoms with Crippen LogP contribution in [0, 0.1) is 5.92 Å². The highest BCUT2D eigenvalue weighted by Crippen LogP contribution is 2.22. The molecule has 0 spiro atoms. The first-order chi connectivity index (χ1) is 14.0. The summed E-state index contributed by atoms with van der Waals surface area (Å²) in [6, 6.07) is 16.7. The van der Waals surface area contributed by atoms with Crippen molar-refractivity contribution in [1.82, 2.24) is 15.3 Å². The molecule has 1 heterocycles. The third-order valence-corrected chi connectivity index (χ3v) is 4.99. The molecule has 0 aliphatic carbocycles. The lowest BCUT2D eigenvalue weighted by Crippen LogP contribution is -2.50. The number of nitrogens with one attached hydrogen (secondary N) is 1. The van der Waals surface area contributed by atoms with Crippen LogP contribution in [0.15, 0.2) is 54.6 Å². The summed E-state index contributed by atoms with van der Waals surface area (Å²) in [6.45, 7) is 5.58. The van der Waals surface area contributed by atoms with Gasteiger partial charge in [-0.25, -0.2) is 10.3 Å². The average molecular weight is 397 g/mol. The van der Waals surface area contributed by atoms with Crippen LogP contribution < -0.4 is 10.2 Å². The lowest BCUT2D eigenvalue weighted by Gasteiger charge is -2.29. The van der Waals surface area contributed by atoms with Crippen molar-refractivity contribution in [2.45, 2.75) is 33.0 Å². The molecule has 7 nitrogen and oxygen atoms in total. The minimum absolute atomic E-state index is 0.110. The highest BCUT2D eigenvalue weighted by atomic mass is 16.5. The van der Waals surface area contributed by atoms with Crippen molar-refractivity contribution in [2.24, 2.45) is 5.92 Å². The lowest BCUT2D eigenvalue weighted by atomic mass is 10.0. The van der Waals surface area contributed by atoms with Gasteiger partial charge in [0.25, 0.3) is 5.91 Å². The molecule has 1 aliphatic rings. The van der Waals surface area contributed by atoms with E-state index < -0.39 is 11.9 Å². The van der Waals surface area contributed by atoms with E-state index in [0.717, 1.165) is 16.9 Å². The Bertz CT molecular complexity index is 841. The van der Waals surface area contributed by atoms with Crippen molar-refractivity contribution in [3.05, 3.63) is 65.7 Å². The summed E-state index contributed by atoms with van der Waals surface area (Å²) in [4.78, 5) is 28.0. The Morgan fingerprint density at radius 2 is 1.83 bits per heavy atom. The van der Waals surface area contributed by atoms with E-state index in [2.05, 4.69) is 0 Å². The Morgan fingerprint density at radius 3 is 2.52 bits per heavy atom. The van der Waals surface area contributed by atoms with Crippen LogP contribution in [0.5, 0.6) is 5.75 Å². The second-order valence-corrected chi connectivity index (χ2v) is 7.48. The number of carbonyl (C=O) groups is 2. The van der Waals surface area contributed by atoms with Crippen molar-refractivity contribution < 1.29 is 19.5 Å². The first-order valence-corrected chi connectivity index (χ1v) is 9.74. The van der Waals surface area contributed by atoms with Crippen LogP contribution in [-0.2, 0) is 17.9 Å². The smallest absolute Gasteiger partial charge is 0.321 e. The first kappa shape index (κ1) is 20.7. The summed E-state index contributed by atoms with van der Waals surface area (Å²) >= 11 is 0. The van der Waals surface area contributed by atoms with Gasteiger partial charge >= 0.3 is 6.03 Å². The minimum atomic E-state index is -0.696. The molecule has 1 fully saturated rings. The molecule has 1 atom stereocenters. The largest absolute Gasteiger partial charge is 0.489 e. The van der Waals surface area contributed by atoms with Crippen LogP contribution >= 0.6 is 0 Å². The monoisotopic (exact) mass is 397 g/mol. The van der Waals surface area contributed by atoms with Crippen LogP contribution in [0.1, 0.15) is 25.0 Å². The van der Waals surface area contributed by atoms with Crippen molar-refractivity contribution in [3.8, 4) is 5.75 Å². The second kappa shape index (κ2) is 9.43. The van der Waals surface area contributed by atoms with Gasteiger partial charge in [0.05, 0.1) is 0 Å². The Hall–Kier alpha value is -3.06. The van der Waals surface area contributed by atoms with Gasteiger partial charge < -0.3 is 14.5 Å². The molecule has 0 aromatic heterocycles. The van der Waals surface area contributed by atoms with E-state index in [-0.39, 0.29) is 11.9 Å². The highest BCUT2D eigenvalue weighted by Gasteiger charge is 2.38. The maximum atomic E-state index is 12.8. The molecule has 0 saturated carbocycles. The number of hydrogen-bond donors (Lipinski definition) is 2. The SMILES string of the molecule is CC(C)C(C(=O)NO)N1CCN(Cc2cccc(OCc3ccccc3)c2)C1=O. The predicted molar refractivity (Wildman–Crippen MR) is 108 cm³/mol. The zero-order valence-electron chi connectivity index (χ0n) is 16.7. The van der Waals surface area contributed by atoms with E-state index in [1.807, 2.05) is 68.4 Å². The maximum absolute atomic E-state index is 12.8. The molecule has 2 N–H and O–H groups in total. The van der Waals surface area contributed by atoms with E-state index in [1.165, 1.54) is 4.90 Å². The van der Waals surface area contributed by atoms with Gasteiger partial charge in [-0.05, 0) is 29.2 Å². The predicted octanol–water partition coefficient (Wildman–Crippen LogP) is 3.03. The molecule has 7 heteroatoms. The summed E-state index contributed by atoms with van der Waals surface area (Å²) in [7, 11) is 0. The molecule has 0 radical (unpaired) electrons. The number of amides is 3. The normalized spacial score (nSPS) is 15.0. The number of urea groups is 1. The second-order valence-electron chi connectivity index (χ2n) is 7.48. The number of hydroxylamine groups is 1. The van der Waals surface area contributed by atoms with Crippen molar-refractivity contribution in [3.63, 3.8) is 0 Å². The Balaban J connectivity index is 1.63. The van der Waals surface area contributed by atoms with Crippen molar-refractivity contribution in [2.75, 3.05) is 13.1 Å². The zero-order chi connectivity index (χ0) is 20.8. The van der Waals surface area contributed by atoms with E-state index >= 15 is 0 Å². The van der Waals surface area contributed by atoms with Gasteiger partial charge in [0.2, 0.25) is 0 Å². The number of rotatable bonds is 8. The van der Waals surface area contributed by atoms with E-state index in [9.17, 15) is 9.59 Å². The Kier molecular flexibility index (Phi) is 6.72. The summed E-state index contributed by atoms with van der Waals surface area (Å²) in [6.07, 6.45) is 0. The van der Waals surface area contributed by atoms with Crippen LogP contribution in [-0.4, -0.2) is 46.1 Å². The van der Waals surface area contributed by atoms with Gasteiger partial charge in [0.15, 0.2) is 0 Å². The first-order valence-electron chi connectivity index (χ1n) is 9.74. The fourth-order valence-electron chi connectivity index (χ4n) is 3.57. The van der Waals surface area contributed by atoms with Crippen LogP contribution in [0.4, 0.5) is 4.79 Å². The molecule has 2 aromatic carbocycles. The quantitative estimate of drug-likeness (QED) is 0.530. The topological polar surface area (TPSA) is 82.1 Å². The van der Waals surface area contributed by atoms with Crippen LogP contribution in [0.3, 0.4) is 0 Å². The molecule has 3 amide bonds. The number of benzene rings is 2.